The summed E-state index contributed by atoms with van der Waals surface area (Å²) in [7, 11) is 1.78. The van der Waals surface area contributed by atoms with Crippen molar-refractivity contribution in [3.05, 3.63) is 24.0 Å². The van der Waals surface area contributed by atoms with E-state index in [1.165, 1.54) is 0 Å². The van der Waals surface area contributed by atoms with Gasteiger partial charge in [-0.3, -0.25) is 5.41 Å². The Morgan fingerprint density at radius 3 is 2.42 bits per heavy atom. The molecule has 2 saturated heterocycles. The van der Waals surface area contributed by atoms with E-state index < -0.39 is 28.6 Å². The van der Waals surface area contributed by atoms with Gasteiger partial charge in [0.1, 0.15) is 6.10 Å². The van der Waals surface area contributed by atoms with Crippen LogP contribution in [0.15, 0.2) is 18.3 Å². The fourth-order valence-corrected chi connectivity index (χ4v) is 4.24. The number of hydrogen-bond donors (Lipinski definition) is 1. The van der Waals surface area contributed by atoms with Crippen molar-refractivity contribution < 1.29 is 9.47 Å². The minimum Gasteiger partial charge on any atom is -0.448 e. The average molecular weight is 323 g/mol. The molecule has 7 heteroatoms. The van der Waals surface area contributed by atoms with E-state index >= 15 is 0 Å². The molecule has 0 saturated carbocycles. The van der Waals surface area contributed by atoms with Crippen LogP contribution in [-0.2, 0) is 16.5 Å². The summed E-state index contributed by atoms with van der Waals surface area (Å²) in [5.74, 6) is -2.18. The van der Waals surface area contributed by atoms with Crippen molar-refractivity contribution in [2.75, 3.05) is 0 Å². The number of hydrogen-bond acceptors (Lipinski definition) is 6. The van der Waals surface area contributed by atoms with Crippen molar-refractivity contribution in [1.29, 1.82) is 21.2 Å². The summed E-state index contributed by atoms with van der Waals surface area (Å²) < 4.78 is 13.5. The summed E-state index contributed by atoms with van der Waals surface area (Å²) in [4.78, 5) is 0. The highest BCUT2D eigenvalue weighted by Gasteiger charge is 2.79. The van der Waals surface area contributed by atoms with Crippen LogP contribution >= 0.6 is 0 Å². The molecule has 2 fully saturated rings. The Morgan fingerprint density at radius 2 is 1.96 bits per heavy atom. The molecule has 1 N–H and O–H groups in total. The lowest BCUT2D eigenvalue weighted by Crippen LogP contribution is -2.58. The zero-order valence-electron chi connectivity index (χ0n) is 13.7. The lowest BCUT2D eigenvalue weighted by atomic mass is 9.53. The molecule has 1 aromatic rings. The fourth-order valence-electron chi connectivity index (χ4n) is 4.24. The number of nitrogens with zero attached hydrogens (tertiary/aromatic N) is 4. The van der Waals surface area contributed by atoms with Gasteiger partial charge in [0, 0.05) is 25.9 Å². The van der Waals surface area contributed by atoms with E-state index in [0.717, 1.165) is 0 Å². The highest BCUT2D eigenvalue weighted by atomic mass is 16.7. The number of aromatic nitrogens is 1. The lowest BCUT2D eigenvalue weighted by Gasteiger charge is -2.48. The minimum absolute atomic E-state index is 0.362. The molecule has 2 aliphatic rings. The van der Waals surface area contributed by atoms with Crippen LogP contribution in [0.4, 0.5) is 0 Å². The van der Waals surface area contributed by atoms with E-state index in [4.69, 9.17) is 14.9 Å². The monoisotopic (exact) mass is 323 g/mol. The van der Waals surface area contributed by atoms with Gasteiger partial charge in [0.15, 0.2) is 5.41 Å². The molecule has 24 heavy (non-hydrogen) atoms. The molecule has 3 rings (SSSR count). The predicted octanol–water partition coefficient (Wildman–Crippen LogP) is 2.39. The molecule has 122 valence electrons. The van der Waals surface area contributed by atoms with Crippen molar-refractivity contribution >= 4 is 5.90 Å². The van der Waals surface area contributed by atoms with Crippen molar-refractivity contribution in [3.8, 4) is 18.2 Å². The van der Waals surface area contributed by atoms with E-state index in [-0.39, 0.29) is 5.90 Å². The first-order valence-electron chi connectivity index (χ1n) is 7.67. The van der Waals surface area contributed by atoms with E-state index in [0.29, 0.717) is 12.1 Å². The zero-order valence-corrected chi connectivity index (χ0v) is 13.7. The molecule has 2 bridgehead atoms. The van der Waals surface area contributed by atoms with Gasteiger partial charge in [-0.25, -0.2) is 0 Å². The standard InChI is InChI=1S/C17H17N5O2/c1-4-12-15(2)23-13(11-6-5-7-22(11)3)16(8-18,9-19)17(12,10-20)14(21)24-15/h5-7,12-13,21H,4H2,1-3H3. The average Bonchev–Trinajstić information content (AvgIpc) is 3.05. The Morgan fingerprint density at radius 1 is 1.29 bits per heavy atom. The van der Waals surface area contributed by atoms with Gasteiger partial charge >= 0.3 is 0 Å². The van der Waals surface area contributed by atoms with Gasteiger partial charge in [-0.1, -0.05) is 6.92 Å². The van der Waals surface area contributed by atoms with Crippen LogP contribution in [0.2, 0.25) is 0 Å². The van der Waals surface area contributed by atoms with Crippen LogP contribution in [0.3, 0.4) is 0 Å². The molecule has 0 spiro atoms. The molecule has 2 aliphatic heterocycles. The van der Waals surface area contributed by atoms with Gasteiger partial charge in [0.25, 0.3) is 0 Å². The summed E-state index contributed by atoms with van der Waals surface area (Å²) in [6.45, 7) is 3.51. The van der Waals surface area contributed by atoms with E-state index in [1.807, 2.05) is 19.1 Å². The zero-order chi connectivity index (χ0) is 17.8. The van der Waals surface area contributed by atoms with Crippen LogP contribution < -0.4 is 0 Å². The third kappa shape index (κ3) is 1.49. The van der Waals surface area contributed by atoms with Gasteiger partial charge in [0.05, 0.1) is 24.1 Å². The summed E-state index contributed by atoms with van der Waals surface area (Å²) >= 11 is 0. The van der Waals surface area contributed by atoms with E-state index in [1.54, 1.807) is 36.9 Å². The number of rotatable bonds is 2. The van der Waals surface area contributed by atoms with Crippen molar-refractivity contribution in [3.63, 3.8) is 0 Å². The van der Waals surface area contributed by atoms with Crippen molar-refractivity contribution in [2.45, 2.75) is 32.2 Å². The van der Waals surface area contributed by atoms with Gasteiger partial charge in [-0.05, 0) is 18.6 Å². The molecular weight excluding hydrogens is 306 g/mol. The number of aryl methyl sites for hydroxylation is 1. The first-order valence-corrected chi connectivity index (χ1v) is 7.67. The van der Waals surface area contributed by atoms with E-state index in [9.17, 15) is 15.8 Å². The SMILES string of the molecule is CCC1C2(C)OC(=N)C1(C#N)C(C#N)(C#N)C(c1cccn1C)O2. The molecule has 0 radical (unpaired) electrons. The Kier molecular flexibility index (Phi) is 3.23. The predicted molar refractivity (Wildman–Crippen MR) is 81.9 cm³/mol. The number of ether oxygens (including phenoxy) is 2. The molecule has 0 amide bonds. The highest BCUT2D eigenvalue weighted by Crippen LogP contribution is 2.66. The number of fused-ring (bicyclic) bond motifs is 2. The third-order valence-electron chi connectivity index (χ3n) is 5.38. The van der Waals surface area contributed by atoms with Gasteiger partial charge < -0.3 is 14.0 Å². The fraction of sp³-hybridized carbons (Fsp3) is 0.529. The third-order valence-corrected chi connectivity index (χ3v) is 5.38. The van der Waals surface area contributed by atoms with Crippen molar-refractivity contribution in [2.24, 2.45) is 23.8 Å². The quantitative estimate of drug-likeness (QED) is 0.896. The maximum absolute atomic E-state index is 10.0. The van der Waals surface area contributed by atoms with Gasteiger partial charge in [0.2, 0.25) is 17.1 Å². The molecular formula is C17H17N5O2. The Bertz CT molecular complexity index is 824. The van der Waals surface area contributed by atoms with Crippen LogP contribution in [0.1, 0.15) is 32.1 Å². The van der Waals surface area contributed by atoms with E-state index in [2.05, 4.69) is 6.07 Å². The molecule has 4 atom stereocenters. The van der Waals surface area contributed by atoms with Crippen molar-refractivity contribution in [1.82, 2.24) is 4.57 Å². The Hall–Kier alpha value is -2.82. The van der Waals surface area contributed by atoms with Crippen LogP contribution in [0.25, 0.3) is 0 Å². The molecule has 0 aliphatic carbocycles. The Labute approximate surface area is 140 Å². The lowest BCUT2D eigenvalue weighted by molar-refractivity contribution is -0.274. The van der Waals surface area contributed by atoms with Crippen LogP contribution in [0, 0.1) is 56.2 Å². The highest BCUT2D eigenvalue weighted by molar-refractivity contribution is 5.89. The summed E-state index contributed by atoms with van der Waals surface area (Å²) in [6.07, 6.45) is 1.22. The first kappa shape index (κ1) is 16.1. The van der Waals surface area contributed by atoms with Crippen LogP contribution in [-0.4, -0.2) is 16.3 Å². The molecule has 4 unspecified atom stereocenters. The second kappa shape index (κ2) is 4.84. The maximum Gasteiger partial charge on any atom is 0.214 e. The molecule has 3 heterocycles. The van der Waals surface area contributed by atoms with Gasteiger partial charge in [-0.2, -0.15) is 15.8 Å². The molecule has 0 aromatic carbocycles. The topological polar surface area (TPSA) is 119 Å². The summed E-state index contributed by atoms with van der Waals surface area (Å²) in [6, 6.07) is 9.67. The maximum atomic E-state index is 10.0. The normalized spacial score (nSPS) is 36.2. The minimum atomic E-state index is -1.87. The molecule has 7 nitrogen and oxygen atoms in total. The second-order valence-electron chi connectivity index (χ2n) is 6.40. The molecule has 1 aromatic heterocycles. The largest absolute Gasteiger partial charge is 0.448 e. The number of nitriles is 3. The van der Waals surface area contributed by atoms with Gasteiger partial charge in [-0.15, -0.1) is 0 Å². The Balaban J connectivity index is 2.36. The first-order chi connectivity index (χ1) is 11.4. The summed E-state index contributed by atoms with van der Waals surface area (Å²) in [5, 5.41) is 38.2. The second-order valence-corrected chi connectivity index (χ2v) is 6.40. The number of nitrogens with one attached hydrogen (secondary N) is 1. The summed E-state index contributed by atoms with van der Waals surface area (Å²) in [5.41, 5.74) is -2.95. The smallest absolute Gasteiger partial charge is 0.214 e. The van der Waals surface area contributed by atoms with Crippen LogP contribution in [0.5, 0.6) is 0 Å².